The lowest BCUT2D eigenvalue weighted by atomic mass is 9.77. The van der Waals surface area contributed by atoms with Crippen LogP contribution in [0.5, 0.6) is 0 Å². The molecule has 0 aliphatic heterocycles. The van der Waals surface area contributed by atoms with Crippen molar-refractivity contribution in [2.24, 2.45) is 11.3 Å². The van der Waals surface area contributed by atoms with Gasteiger partial charge in [0, 0.05) is 0 Å². The maximum absolute atomic E-state index is 12.7. The van der Waals surface area contributed by atoms with Gasteiger partial charge in [0.15, 0.2) is 0 Å². The second kappa shape index (κ2) is 6.11. The van der Waals surface area contributed by atoms with Gasteiger partial charge in [0.05, 0.1) is 11.7 Å². The number of hydrogen-bond donors (Lipinski definition) is 0. The molecule has 0 radical (unpaired) electrons. The van der Waals surface area contributed by atoms with Crippen molar-refractivity contribution in [1.82, 2.24) is 14.3 Å². The molecule has 0 unspecified atom stereocenters. The minimum absolute atomic E-state index is 0.0631. The Morgan fingerprint density at radius 2 is 1.77 bits per heavy atom. The third kappa shape index (κ3) is 3.16. The molecule has 0 bridgehead atoms. The molecule has 0 fully saturated rings. The highest BCUT2D eigenvalue weighted by Gasteiger charge is 2.30. The van der Waals surface area contributed by atoms with Crippen LogP contribution in [0.25, 0.3) is 5.69 Å². The Labute approximate surface area is 132 Å². The van der Waals surface area contributed by atoms with Crippen LogP contribution in [-0.2, 0) is 0 Å². The molecule has 0 aliphatic carbocycles. The van der Waals surface area contributed by atoms with Gasteiger partial charge < -0.3 is 0 Å². The SMILES string of the molecule is CC[C@@H]([C@H](C)C(C)(C)C)n1ncn(-c2ccc(C)cc2)c1=O. The number of hydrogen-bond acceptors (Lipinski definition) is 2. The molecule has 0 saturated heterocycles. The van der Waals surface area contributed by atoms with Crippen LogP contribution in [-0.4, -0.2) is 14.3 Å². The van der Waals surface area contributed by atoms with Crippen LogP contribution >= 0.6 is 0 Å². The van der Waals surface area contributed by atoms with Gasteiger partial charge in [-0.05, 0) is 36.8 Å². The fourth-order valence-corrected chi connectivity index (χ4v) is 2.74. The number of benzene rings is 1. The smallest absolute Gasteiger partial charge is 0.250 e. The van der Waals surface area contributed by atoms with Gasteiger partial charge in [-0.15, -0.1) is 0 Å². The van der Waals surface area contributed by atoms with Crippen LogP contribution in [0.1, 0.15) is 52.6 Å². The molecule has 120 valence electrons. The van der Waals surface area contributed by atoms with Crippen LogP contribution in [0, 0.1) is 18.3 Å². The van der Waals surface area contributed by atoms with Gasteiger partial charge in [0.1, 0.15) is 6.33 Å². The van der Waals surface area contributed by atoms with E-state index in [1.54, 1.807) is 15.6 Å². The zero-order valence-corrected chi connectivity index (χ0v) is 14.5. The molecular formula is C18H27N3O. The van der Waals surface area contributed by atoms with Crippen molar-refractivity contribution in [3.05, 3.63) is 46.6 Å². The summed E-state index contributed by atoms with van der Waals surface area (Å²) in [5, 5.41) is 4.39. The number of aryl methyl sites for hydroxylation is 1. The Kier molecular flexibility index (Phi) is 4.59. The van der Waals surface area contributed by atoms with Crippen LogP contribution in [0.15, 0.2) is 35.4 Å². The second-order valence-corrected chi connectivity index (χ2v) is 7.19. The summed E-state index contributed by atoms with van der Waals surface area (Å²) in [6.45, 7) is 13.0. The summed E-state index contributed by atoms with van der Waals surface area (Å²) in [5.74, 6) is 0.358. The summed E-state index contributed by atoms with van der Waals surface area (Å²) in [7, 11) is 0. The van der Waals surface area contributed by atoms with Gasteiger partial charge in [-0.2, -0.15) is 5.10 Å². The van der Waals surface area contributed by atoms with Gasteiger partial charge in [0.2, 0.25) is 0 Å². The lowest BCUT2D eigenvalue weighted by Gasteiger charge is -2.33. The van der Waals surface area contributed by atoms with Gasteiger partial charge in [-0.25, -0.2) is 14.0 Å². The molecule has 1 aromatic carbocycles. The molecule has 4 heteroatoms. The standard InChI is InChI=1S/C18H27N3O/c1-7-16(14(3)18(4,5)6)21-17(22)20(12-19-21)15-10-8-13(2)9-11-15/h8-12,14,16H,7H2,1-6H3/t14-,16-/m0/s1. The first kappa shape index (κ1) is 16.5. The van der Waals surface area contributed by atoms with Crippen molar-refractivity contribution < 1.29 is 0 Å². The van der Waals surface area contributed by atoms with E-state index in [9.17, 15) is 4.79 Å². The fraction of sp³-hybridized carbons (Fsp3) is 0.556. The number of rotatable bonds is 4. The van der Waals surface area contributed by atoms with E-state index in [2.05, 4.69) is 39.7 Å². The van der Waals surface area contributed by atoms with Crippen molar-refractivity contribution in [2.45, 2.75) is 54.0 Å². The van der Waals surface area contributed by atoms with Crippen LogP contribution in [0.3, 0.4) is 0 Å². The zero-order valence-electron chi connectivity index (χ0n) is 14.5. The summed E-state index contributed by atoms with van der Waals surface area (Å²) in [6, 6.07) is 8.04. The lowest BCUT2D eigenvalue weighted by molar-refractivity contribution is 0.162. The lowest BCUT2D eigenvalue weighted by Crippen LogP contribution is -2.35. The molecule has 2 rings (SSSR count). The monoisotopic (exact) mass is 301 g/mol. The van der Waals surface area contributed by atoms with E-state index in [1.165, 1.54) is 5.56 Å². The number of nitrogens with zero attached hydrogens (tertiary/aromatic N) is 3. The molecule has 2 atom stereocenters. The molecule has 0 aliphatic rings. The zero-order chi connectivity index (χ0) is 16.5. The minimum Gasteiger partial charge on any atom is -0.250 e. The normalized spacial score (nSPS) is 14.8. The van der Waals surface area contributed by atoms with Gasteiger partial charge >= 0.3 is 5.69 Å². The molecular weight excluding hydrogens is 274 g/mol. The van der Waals surface area contributed by atoms with Gasteiger partial charge in [-0.3, -0.25) is 0 Å². The van der Waals surface area contributed by atoms with E-state index >= 15 is 0 Å². The van der Waals surface area contributed by atoms with E-state index in [1.807, 2.05) is 31.2 Å². The molecule has 0 saturated carbocycles. The van der Waals surface area contributed by atoms with Crippen LogP contribution in [0.2, 0.25) is 0 Å². The van der Waals surface area contributed by atoms with E-state index in [-0.39, 0.29) is 17.1 Å². The van der Waals surface area contributed by atoms with Crippen molar-refractivity contribution >= 4 is 0 Å². The first-order chi connectivity index (χ1) is 10.3. The predicted molar refractivity (Wildman–Crippen MR) is 90.5 cm³/mol. The van der Waals surface area contributed by atoms with Crippen molar-refractivity contribution in [3.63, 3.8) is 0 Å². The molecule has 1 heterocycles. The average molecular weight is 301 g/mol. The summed E-state index contributed by atoms with van der Waals surface area (Å²) in [5.41, 5.74) is 2.11. The highest BCUT2D eigenvalue weighted by Crippen LogP contribution is 2.35. The van der Waals surface area contributed by atoms with Crippen LogP contribution in [0.4, 0.5) is 0 Å². The van der Waals surface area contributed by atoms with Crippen molar-refractivity contribution in [3.8, 4) is 5.69 Å². The number of aromatic nitrogens is 3. The molecule has 0 N–H and O–H groups in total. The first-order valence-electron chi connectivity index (χ1n) is 7.99. The van der Waals surface area contributed by atoms with Crippen molar-refractivity contribution in [2.75, 3.05) is 0 Å². The maximum atomic E-state index is 12.7. The highest BCUT2D eigenvalue weighted by atomic mass is 16.2. The molecule has 0 amide bonds. The topological polar surface area (TPSA) is 39.8 Å². The predicted octanol–water partition coefficient (Wildman–Crippen LogP) is 3.98. The Balaban J connectivity index is 2.42. The summed E-state index contributed by atoms with van der Waals surface area (Å²) >= 11 is 0. The average Bonchev–Trinajstić information content (AvgIpc) is 2.82. The third-order valence-electron chi connectivity index (χ3n) is 4.68. The van der Waals surface area contributed by atoms with Gasteiger partial charge in [0.25, 0.3) is 0 Å². The Morgan fingerprint density at radius 3 is 2.27 bits per heavy atom. The van der Waals surface area contributed by atoms with E-state index < -0.39 is 0 Å². The fourth-order valence-electron chi connectivity index (χ4n) is 2.74. The first-order valence-corrected chi connectivity index (χ1v) is 7.99. The minimum atomic E-state index is -0.0631. The van der Waals surface area contributed by atoms with Crippen molar-refractivity contribution in [1.29, 1.82) is 0 Å². The van der Waals surface area contributed by atoms with E-state index in [4.69, 9.17) is 0 Å². The highest BCUT2D eigenvalue weighted by molar-refractivity contribution is 5.33. The van der Waals surface area contributed by atoms with Gasteiger partial charge in [-0.1, -0.05) is 52.3 Å². The van der Waals surface area contributed by atoms with Crippen LogP contribution < -0.4 is 5.69 Å². The second-order valence-electron chi connectivity index (χ2n) is 7.19. The molecule has 2 aromatic rings. The van der Waals surface area contributed by atoms with E-state index in [0.29, 0.717) is 5.92 Å². The largest absolute Gasteiger partial charge is 0.350 e. The Hall–Kier alpha value is -1.84. The quantitative estimate of drug-likeness (QED) is 0.857. The third-order valence-corrected chi connectivity index (χ3v) is 4.68. The van der Waals surface area contributed by atoms with E-state index in [0.717, 1.165) is 12.1 Å². The Morgan fingerprint density at radius 1 is 1.18 bits per heavy atom. The molecule has 22 heavy (non-hydrogen) atoms. The molecule has 4 nitrogen and oxygen atoms in total. The summed E-state index contributed by atoms with van der Waals surface area (Å²) < 4.78 is 3.27. The molecule has 0 spiro atoms. The molecule has 1 aromatic heterocycles. The summed E-state index contributed by atoms with van der Waals surface area (Å²) in [6.07, 6.45) is 2.52. The summed E-state index contributed by atoms with van der Waals surface area (Å²) in [4.78, 5) is 12.7. The Bertz CT molecular complexity index is 674. The maximum Gasteiger partial charge on any atom is 0.350 e.